The number of carbonyl (C=O) groups is 3. The number of benzene rings is 2. The molecule has 0 spiro atoms. The van der Waals surface area contributed by atoms with Crippen LogP contribution in [0.5, 0.6) is 0 Å². The Morgan fingerprint density at radius 2 is 1.27 bits per heavy atom. The second-order valence-corrected chi connectivity index (χ2v) is 13.2. The zero-order valence-corrected chi connectivity index (χ0v) is 24.7. The number of hydrazine groups is 1. The number of alkyl halides is 4. The summed E-state index contributed by atoms with van der Waals surface area (Å²) >= 11 is 57.8. The van der Waals surface area contributed by atoms with Gasteiger partial charge >= 0.3 is 0 Å². The lowest BCUT2D eigenvalue weighted by atomic mass is 9.84. The molecule has 3 aliphatic rings. The molecule has 3 amide bonds. The normalized spacial score (nSPS) is 29.8. The predicted octanol–water partition coefficient (Wildman–Crippen LogP) is 7.65. The van der Waals surface area contributed by atoms with Gasteiger partial charge in [0.15, 0.2) is 4.33 Å². The Balaban J connectivity index is 1.63. The minimum absolute atomic E-state index is 0.134. The molecule has 37 heavy (non-hydrogen) atoms. The van der Waals surface area contributed by atoms with Crippen molar-refractivity contribution in [3.05, 3.63) is 78.7 Å². The van der Waals surface area contributed by atoms with Gasteiger partial charge in [0.1, 0.15) is 9.75 Å². The van der Waals surface area contributed by atoms with Gasteiger partial charge in [-0.3, -0.25) is 14.4 Å². The molecule has 0 radical (unpaired) electrons. The molecule has 194 valence electrons. The number of imide groups is 1. The molecule has 0 aromatic heterocycles. The van der Waals surface area contributed by atoms with Crippen molar-refractivity contribution in [3.63, 3.8) is 0 Å². The highest BCUT2D eigenvalue weighted by atomic mass is 35.5. The topological polar surface area (TPSA) is 57.7 Å². The Labute approximate surface area is 255 Å². The van der Waals surface area contributed by atoms with E-state index in [1.165, 1.54) is 30.3 Å². The molecule has 1 heterocycles. The van der Waals surface area contributed by atoms with E-state index in [4.69, 9.17) is 104 Å². The number of hydrogen-bond donors (Lipinski definition) is 0. The SMILES string of the molecule is O=C(c1ccc(Cl)cc1)N(Cc1ccc(Cl)cc1Cl)N1C(=O)[C@@H]2[C@@H](C1=O)[C@@]1(Cl)C(Cl)=C(Cl)[C@@]2(Cl)C1(Cl)Cl. The fourth-order valence-electron chi connectivity index (χ4n) is 5.00. The van der Waals surface area contributed by atoms with Gasteiger partial charge in [-0.2, -0.15) is 5.01 Å². The van der Waals surface area contributed by atoms with E-state index < -0.39 is 43.6 Å². The summed E-state index contributed by atoms with van der Waals surface area (Å²) in [5, 5.41) is 2.08. The maximum absolute atomic E-state index is 13.9. The lowest BCUT2D eigenvalue weighted by molar-refractivity contribution is -0.156. The van der Waals surface area contributed by atoms with Gasteiger partial charge in [-0.05, 0) is 42.0 Å². The van der Waals surface area contributed by atoms with Crippen LogP contribution in [0.2, 0.25) is 15.1 Å². The van der Waals surface area contributed by atoms with Crippen molar-refractivity contribution < 1.29 is 14.4 Å². The average Bonchev–Trinajstić information content (AvgIpc) is 3.22. The van der Waals surface area contributed by atoms with Gasteiger partial charge in [-0.15, -0.1) is 23.2 Å². The van der Waals surface area contributed by atoms with E-state index in [1.807, 2.05) is 0 Å². The van der Waals surface area contributed by atoms with Crippen molar-refractivity contribution >= 4 is 122 Å². The van der Waals surface area contributed by atoms with Gasteiger partial charge in [0.2, 0.25) is 0 Å². The number of nitrogens with zero attached hydrogens (tertiary/aromatic N) is 2. The standard InChI is InChI=1S/C23H11Cl9N2O3/c24-11-4-1-9(2-5-11)18(35)33(8-10-3-6-12(25)7-13(10)26)34-19(36)14-15(20(34)37)22(30)17(28)16(27)21(14,29)23(22,31)32/h1-7,14-15H,8H2/t14-,15-,21+,22+/m0/s1. The summed E-state index contributed by atoms with van der Waals surface area (Å²) in [6, 6.07) is 10.5. The van der Waals surface area contributed by atoms with Crippen LogP contribution in [0.15, 0.2) is 52.5 Å². The molecule has 4 atom stereocenters. The van der Waals surface area contributed by atoms with E-state index in [-0.39, 0.29) is 27.2 Å². The number of fused-ring (bicyclic) bond motifs is 5. The molecular weight excluding hydrogens is 671 g/mol. The third kappa shape index (κ3) is 3.62. The molecule has 5 nitrogen and oxygen atoms in total. The quantitative estimate of drug-likeness (QED) is 0.246. The zero-order chi connectivity index (χ0) is 27.2. The number of amides is 3. The Hall–Kier alpha value is -0.600. The second-order valence-electron chi connectivity index (χ2n) is 8.67. The Morgan fingerprint density at radius 3 is 1.76 bits per heavy atom. The molecule has 2 aromatic carbocycles. The number of carbonyl (C=O) groups excluding carboxylic acids is 3. The van der Waals surface area contributed by atoms with Gasteiger partial charge in [-0.1, -0.05) is 87.3 Å². The summed E-state index contributed by atoms with van der Waals surface area (Å²) in [7, 11) is 0. The number of allylic oxidation sites excluding steroid dienone is 2. The highest BCUT2D eigenvalue weighted by Gasteiger charge is 2.88. The fourth-order valence-corrected chi connectivity index (χ4v) is 8.53. The van der Waals surface area contributed by atoms with E-state index >= 15 is 0 Å². The first-order valence-corrected chi connectivity index (χ1v) is 13.8. The van der Waals surface area contributed by atoms with Crippen molar-refractivity contribution in [3.8, 4) is 0 Å². The van der Waals surface area contributed by atoms with Gasteiger partial charge in [0.25, 0.3) is 17.7 Å². The Morgan fingerprint density at radius 1 is 0.784 bits per heavy atom. The van der Waals surface area contributed by atoms with E-state index in [1.54, 1.807) is 12.1 Å². The zero-order valence-electron chi connectivity index (χ0n) is 17.9. The summed E-state index contributed by atoms with van der Waals surface area (Å²) in [5.41, 5.74) is 0.530. The number of halogens is 9. The van der Waals surface area contributed by atoms with E-state index in [9.17, 15) is 14.4 Å². The van der Waals surface area contributed by atoms with E-state index in [0.717, 1.165) is 5.01 Å². The lowest BCUT2D eigenvalue weighted by Gasteiger charge is -2.37. The van der Waals surface area contributed by atoms with Gasteiger partial charge in [0, 0.05) is 20.6 Å². The smallest absolute Gasteiger partial charge is 0.272 e. The molecule has 2 bridgehead atoms. The Kier molecular flexibility index (Phi) is 6.97. The summed E-state index contributed by atoms with van der Waals surface area (Å²) in [5.74, 6) is -5.30. The van der Waals surface area contributed by atoms with Crippen LogP contribution in [-0.4, -0.2) is 41.8 Å². The van der Waals surface area contributed by atoms with Crippen LogP contribution >= 0.6 is 104 Å². The highest BCUT2D eigenvalue weighted by molar-refractivity contribution is 6.66. The molecule has 1 saturated heterocycles. The van der Waals surface area contributed by atoms with Crippen LogP contribution in [0, 0.1) is 11.8 Å². The molecule has 1 saturated carbocycles. The summed E-state index contributed by atoms with van der Waals surface area (Å²) in [6.45, 7) is -0.291. The van der Waals surface area contributed by atoms with Crippen LogP contribution in [-0.2, 0) is 16.1 Å². The van der Waals surface area contributed by atoms with Crippen molar-refractivity contribution in [1.29, 1.82) is 0 Å². The van der Waals surface area contributed by atoms with Crippen LogP contribution in [0.4, 0.5) is 0 Å². The second kappa shape index (κ2) is 9.22. The summed E-state index contributed by atoms with van der Waals surface area (Å²) in [4.78, 5) is 37.5. The van der Waals surface area contributed by atoms with Crippen molar-refractivity contribution in [2.75, 3.05) is 0 Å². The third-order valence-corrected chi connectivity index (χ3v) is 11.9. The molecule has 0 unspecified atom stereocenters. The van der Waals surface area contributed by atoms with Crippen LogP contribution in [0.1, 0.15) is 15.9 Å². The molecule has 2 aromatic rings. The minimum atomic E-state index is -2.10. The maximum atomic E-state index is 13.9. The number of rotatable bonds is 4. The molecule has 5 rings (SSSR count). The molecule has 14 heteroatoms. The van der Waals surface area contributed by atoms with E-state index in [2.05, 4.69) is 0 Å². The highest BCUT2D eigenvalue weighted by Crippen LogP contribution is 2.77. The molecule has 2 aliphatic carbocycles. The largest absolute Gasteiger partial charge is 0.273 e. The molecule has 0 N–H and O–H groups in total. The van der Waals surface area contributed by atoms with Crippen LogP contribution in [0.3, 0.4) is 0 Å². The first kappa shape index (κ1) is 27.9. The van der Waals surface area contributed by atoms with Crippen LogP contribution in [0.25, 0.3) is 0 Å². The predicted molar refractivity (Wildman–Crippen MR) is 147 cm³/mol. The summed E-state index contributed by atoms with van der Waals surface area (Å²) in [6.07, 6.45) is 0. The van der Waals surface area contributed by atoms with E-state index in [0.29, 0.717) is 20.6 Å². The lowest BCUT2D eigenvalue weighted by Crippen LogP contribution is -2.55. The molecule has 2 fully saturated rings. The third-order valence-electron chi connectivity index (χ3n) is 6.79. The van der Waals surface area contributed by atoms with Crippen molar-refractivity contribution in [2.24, 2.45) is 11.8 Å². The van der Waals surface area contributed by atoms with Gasteiger partial charge in [-0.25, -0.2) is 5.01 Å². The van der Waals surface area contributed by atoms with Crippen molar-refractivity contribution in [2.45, 2.75) is 20.6 Å². The minimum Gasteiger partial charge on any atom is -0.272 e. The van der Waals surface area contributed by atoms with Crippen molar-refractivity contribution in [1.82, 2.24) is 10.0 Å². The average molecular weight is 682 g/mol. The number of hydrogen-bond acceptors (Lipinski definition) is 3. The first-order valence-electron chi connectivity index (χ1n) is 10.4. The fraction of sp³-hybridized carbons (Fsp3) is 0.261. The van der Waals surface area contributed by atoms with Crippen LogP contribution < -0.4 is 0 Å². The summed E-state index contributed by atoms with van der Waals surface area (Å²) < 4.78 is -2.10. The van der Waals surface area contributed by atoms with Gasteiger partial charge < -0.3 is 0 Å². The molecule has 1 aliphatic heterocycles. The van der Waals surface area contributed by atoms with Gasteiger partial charge in [0.05, 0.1) is 28.4 Å². The molecular formula is C23H11Cl9N2O3. The monoisotopic (exact) mass is 678 g/mol. The maximum Gasteiger partial charge on any atom is 0.273 e. The first-order chi connectivity index (χ1) is 17.2. The Bertz CT molecular complexity index is 1370.